The van der Waals surface area contributed by atoms with Gasteiger partial charge in [0, 0.05) is 22.8 Å². The van der Waals surface area contributed by atoms with Crippen LogP contribution >= 0.6 is 11.3 Å². The number of nitrogens with zero attached hydrogens (tertiary/aromatic N) is 1. The van der Waals surface area contributed by atoms with Crippen LogP contribution in [0.2, 0.25) is 0 Å². The van der Waals surface area contributed by atoms with Crippen LogP contribution in [0.1, 0.15) is 22.8 Å². The summed E-state index contributed by atoms with van der Waals surface area (Å²) in [5, 5.41) is 6.99. The first kappa shape index (κ1) is 14.5. The average molecular weight is 308 g/mol. The van der Waals surface area contributed by atoms with Crippen LogP contribution in [0, 0.1) is 0 Å². The first-order chi connectivity index (χ1) is 10.8. The minimum absolute atomic E-state index is 0.129. The van der Waals surface area contributed by atoms with Crippen LogP contribution in [0.3, 0.4) is 0 Å². The van der Waals surface area contributed by atoms with E-state index in [-0.39, 0.29) is 5.91 Å². The van der Waals surface area contributed by atoms with Crippen molar-refractivity contribution >= 4 is 22.9 Å². The van der Waals surface area contributed by atoms with Gasteiger partial charge in [0.05, 0.1) is 11.3 Å². The number of thiophene rings is 1. The maximum Gasteiger partial charge on any atom is 0.257 e. The number of anilines is 1. The van der Waals surface area contributed by atoms with E-state index in [0.717, 1.165) is 28.9 Å². The summed E-state index contributed by atoms with van der Waals surface area (Å²) in [6, 6.07) is 13.4. The molecule has 0 atom stereocenters. The number of hydrogen-bond acceptors (Lipinski definition) is 3. The minimum atomic E-state index is -0.129. The van der Waals surface area contributed by atoms with Crippen molar-refractivity contribution in [3.8, 4) is 11.3 Å². The second-order valence-corrected chi connectivity index (χ2v) is 5.66. The van der Waals surface area contributed by atoms with Crippen molar-refractivity contribution in [2.45, 2.75) is 13.3 Å². The molecule has 0 aliphatic heterocycles. The average Bonchev–Trinajstić information content (AvgIpc) is 3.09. The lowest BCUT2D eigenvalue weighted by molar-refractivity contribution is 0.102. The van der Waals surface area contributed by atoms with Gasteiger partial charge in [0.25, 0.3) is 5.91 Å². The Labute approximate surface area is 133 Å². The van der Waals surface area contributed by atoms with Crippen LogP contribution in [0.25, 0.3) is 11.3 Å². The van der Waals surface area contributed by atoms with Gasteiger partial charge in [-0.1, -0.05) is 25.1 Å². The third-order valence-corrected chi connectivity index (χ3v) is 4.18. The van der Waals surface area contributed by atoms with E-state index in [1.165, 1.54) is 0 Å². The number of amides is 1. The van der Waals surface area contributed by atoms with Crippen molar-refractivity contribution in [1.82, 2.24) is 4.98 Å². The maximum absolute atomic E-state index is 12.7. The quantitative estimate of drug-likeness (QED) is 0.764. The predicted octanol–water partition coefficient (Wildman–Crippen LogP) is 4.62. The zero-order chi connectivity index (χ0) is 15.4. The topological polar surface area (TPSA) is 42.0 Å². The Morgan fingerprint density at radius 1 is 1.18 bits per heavy atom. The third kappa shape index (κ3) is 2.92. The Hall–Kier alpha value is -2.46. The zero-order valence-corrected chi connectivity index (χ0v) is 13.1. The van der Waals surface area contributed by atoms with E-state index in [9.17, 15) is 4.79 Å². The van der Waals surface area contributed by atoms with Crippen LogP contribution in [-0.2, 0) is 6.42 Å². The van der Waals surface area contributed by atoms with Crippen molar-refractivity contribution in [3.63, 3.8) is 0 Å². The SMILES string of the molecule is CCc1ccccc1NC(=O)c1cccnc1-c1ccsc1. The van der Waals surface area contributed by atoms with Gasteiger partial charge in [0.15, 0.2) is 0 Å². The number of aryl methyl sites for hydroxylation is 1. The molecule has 0 radical (unpaired) electrons. The highest BCUT2D eigenvalue weighted by Crippen LogP contribution is 2.25. The Balaban J connectivity index is 1.93. The number of aromatic nitrogens is 1. The molecule has 2 heterocycles. The second kappa shape index (κ2) is 6.54. The highest BCUT2D eigenvalue weighted by molar-refractivity contribution is 7.08. The summed E-state index contributed by atoms with van der Waals surface area (Å²) in [5.74, 6) is -0.129. The number of hydrogen-bond donors (Lipinski definition) is 1. The number of nitrogens with one attached hydrogen (secondary N) is 1. The van der Waals surface area contributed by atoms with Crippen molar-refractivity contribution < 1.29 is 4.79 Å². The standard InChI is InChI=1S/C18H16N2OS/c1-2-13-6-3-4-8-16(13)20-18(21)15-7-5-10-19-17(15)14-9-11-22-12-14/h3-12H,2H2,1H3,(H,20,21). The molecule has 0 spiro atoms. The van der Waals surface area contributed by atoms with E-state index in [2.05, 4.69) is 17.2 Å². The number of rotatable bonds is 4. The first-order valence-electron chi connectivity index (χ1n) is 7.16. The van der Waals surface area contributed by atoms with Crippen molar-refractivity contribution in [2.75, 3.05) is 5.32 Å². The smallest absolute Gasteiger partial charge is 0.257 e. The molecule has 3 rings (SSSR count). The summed E-state index contributed by atoms with van der Waals surface area (Å²) in [4.78, 5) is 17.0. The molecule has 0 fully saturated rings. The molecule has 0 aliphatic rings. The van der Waals surface area contributed by atoms with Gasteiger partial charge in [-0.15, -0.1) is 0 Å². The molecule has 1 amide bonds. The number of benzene rings is 1. The number of carbonyl (C=O) groups excluding carboxylic acids is 1. The molecular formula is C18H16N2OS. The van der Waals surface area contributed by atoms with Crippen molar-refractivity contribution in [3.05, 3.63) is 70.5 Å². The fourth-order valence-electron chi connectivity index (χ4n) is 2.36. The molecule has 110 valence electrons. The van der Waals surface area contributed by atoms with Crippen LogP contribution < -0.4 is 5.32 Å². The summed E-state index contributed by atoms with van der Waals surface area (Å²) in [6.45, 7) is 2.08. The van der Waals surface area contributed by atoms with Gasteiger partial charge in [-0.25, -0.2) is 0 Å². The molecule has 0 unspecified atom stereocenters. The van der Waals surface area contributed by atoms with Gasteiger partial charge in [-0.2, -0.15) is 11.3 Å². The third-order valence-electron chi connectivity index (χ3n) is 3.49. The molecule has 4 heteroatoms. The molecule has 0 aliphatic carbocycles. The molecule has 22 heavy (non-hydrogen) atoms. The fourth-order valence-corrected chi connectivity index (χ4v) is 3.00. The lowest BCUT2D eigenvalue weighted by Crippen LogP contribution is -2.14. The highest BCUT2D eigenvalue weighted by atomic mass is 32.1. The van der Waals surface area contributed by atoms with Crippen LogP contribution in [0.5, 0.6) is 0 Å². The molecule has 2 aromatic heterocycles. The van der Waals surface area contributed by atoms with Crippen LogP contribution in [0.4, 0.5) is 5.69 Å². The fraction of sp³-hybridized carbons (Fsp3) is 0.111. The normalized spacial score (nSPS) is 10.4. The minimum Gasteiger partial charge on any atom is -0.322 e. The first-order valence-corrected chi connectivity index (χ1v) is 8.10. The van der Waals surface area contributed by atoms with Gasteiger partial charge in [0.1, 0.15) is 0 Å². The summed E-state index contributed by atoms with van der Waals surface area (Å²) in [5.41, 5.74) is 4.26. The van der Waals surface area contributed by atoms with E-state index in [1.54, 1.807) is 23.6 Å². The van der Waals surface area contributed by atoms with E-state index >= 15 is 0 Å². The summed E-state index contributed by atoms with van der Waals surface area (Å²) in [7, 11) is 0. The monoisotopic (exact) mass is 308 g/mol. The molecule has 3 nitrogen and oxygen atoms in total. The van der Waals surface area contributed by atoms with Gasteiger partial charge in [-0.3, -0.25) is 9.78 Å². The van der Waals surface area contributed by atoms with E-state index in [4.69, 9.17) is 0 Å². The molecule has 3 aromatic rings. The van der Waals surface area contributed by atoms with Crippen molar-refractivity contribution in [1.29, 1.82) is 0 Å². The summed E-state index contributed by atoms with van der Waals surface area (Å²) in [6.07, 6.45) is 2.59. The van der Waals surface area contributed by atoms with Crippen LogP contribution in [-0.4, -0.2) is 10.9 Å². The Morgan fingerprint density at radius 2 is 2.05 bits per heavy atom. The summed E-state index contributed by atoms with van der Waals surface area (Å²) >= 11 is 1.59. The Bertz CT molecular complexity index is 781. The van der Waals surface area contributed by atoms with Gasteiger partial charge < -0.3 is 5.32 Å². The summed E-state index contributed by atoms with van der Waals surface area (Å²) < 4.78 is 0. The van der Waals surface area contributed by atoms with Crippen molar-refractivity contribution in [2.24, 2.45) is 0 Å². The molecule has 0 bridgehead atoms. The number of pyridine rings is 1. The van der Waals surface area contributed by atoms with Gasteiger partial charge in [0.2, 0.25) is 0 Å². The molecule has 0 saturated carbocycles. The number of para-hydroxylation sites is 1. The van der Waals surface area contributed by atoms with Gasteiger partial charge >= 0.3 is 0 Å². The molecular weight excluding hydrogens is 292 g/mol. The van der Waals surface area contributed by atoms with Crippen LogP contribution in [0.15, 0.2) is 59.4 Å². The maximum atomic E-state index is 12.7. The Kier molecular flexibility index (Phi) is 4.30. The lowest BCUT2D eigenvalue weighted by atomic mass is 10.1. The Morgan fingerprint density at radius 3 is 2.82 bits per heavy atom. The largest absolute Gasteiger partial charge is 0.322 e. The van der Waals surface area contributed by atoms with Gasteiger partial charge in [-0.05, 0) is 41.6 Å². The van der Waals surface area contributed by atoms with E-state index in [1.807, 2.05) is 47.2 Å². The zero-order valence-electron chi connectivity index (χ0n) is 12.2. The molecule has 0 saturated heterocycles. The van der Waals surface area contributed by atoms with E-state index in [0.29, 0.717) is 5.56 Å². The van der Waals surface area contributed by atoms with E-state index < -0.39 is 0 Å². The molecule has 1 N–H and O–H groups in total. The predicted molar refractivity (Wildman–Crippen MR) is 91.3 cm³/mol. The highest BCUT2D eigenvalue weighted by Gasteiger charge is 2.15. The lowest BCUT2D eigenvalue weighted by Gasteiger charge is -2.11. The second-order valence-electron chi connectivity index (χ2n) is 4.88. The number of carbonyl (C=O) groups is 1. The molecule has 1 aromatic carbocycles.